The summed E-state index contributed by atoms with van der Waals surface area (Å²) in [6.45, 7) is 2.44. The second kappa shape index (κ2) is 8.62. The van der Waals surface area contributed by atoms with Gasteiger partial charge in [-0.3, -0.25) is 14.5 Å². The molecule has 11 heteroatoms. The minimum absolute atomic E-state index is 0.0245. The SMILES string of the molecule is CC1(c2cccc(C(F)(F)F)c2)NC(=O)N(CC(=O)N2CCN(c3ccc(F)cc3)CC2)C1=O. The standard InChI is InChI=1S/C23H22F4N4O3/c1-22(15-3-2-4-16(13-15)23(25,26)27)20(33)31(21(34)28-22)14-19(32)30-11-9-29(10-12-30)18-7-5-17(24)6-8-18/h2-8,13H,9-12,14H2,1H3,(H,28,34). The molecule has 0 saturated carbocycles. The molecule has 1 unspecified atom stereocenters. The third-order valence-electron chi connectivity index (χ3n) is 6.16. The zero-order chi connectivity index (χ0) is 24.7. The molecular weight excluding hydrogens is 456 g/mol. The quantitative estimate of drug-likeness (QED) is 0.542. The smallest absolute Gasteiger partial charge is 0.368 e. The van der Waals surface area contributed by atoms with Gasteiger partial charge in [0.15, 0.2) is 0 Å². The molecule has 4 amide bonds. The Balaban J connectivity index is 1.42. The van der Waals surface area contributed by atoms with Gasteiger partial charge in [0.25, 0.3) is 5.91 Å². The van der Waals surface area contributed by atoms with Crippen LogP contribution in [0.2, 0.25) is 0 Å². The van der Waals surface area contributed by atoms with E-state index in [1.807, 2.05) is 4.90 Å². The number of carbonyl (C=O) groups is 3. The minimum Gasteiger partial charge on any atom is -0.368 e. The number of nitrogens with zero attached hydrogens (tertiary/aromatic N) is 3. The summed E-state index contributed by atoms with van der Waals surface area (Å²) >= 11 is 0. The Morgan fingerprint density at radius 1 is 1.03 bits per heavy atom. The highest BCUT2D eigenvalue weighted by Crippen LogP contribution is 2.34. The number of carbonyl (C=O) groups excluding carboxylic acids is 3. The van der Waals surface area contributed by atoms with Crippen molar-refractivity contribution in [1.82, 2.24) is 15.1 Å². The maximum Gasteiger partial charge on any atom is 0.416 e. The van der Waals surface area contributed by atoms with Crippen LogP contribution in [0.4, 0.5) is 28.0 Å². The van der Waals surface area contributed by atoms with Gasteiger partial charge in [-0.2, -0.15) is 13.2 Å². The van der Waals surface area contributed by atoms with E-state index in [2.05, 4.69) is 5.32 Å². The number of alkyl halides is 3. The molecule has 0 bridgehead atoms. The third-order valence-corrected chi connectivity index (χ3v) is 6.16. The molecule has 2 aromatic rings. The van der Waals surface area contributed by atoms with Crippen LogP contribution in [0.1, 0.15) is 18.1 Å². The molecule has 2 heterocycles. The summed E-state index contributed by atoms with van der Waals surface area (Å²) in [6.07, 6.45) is -4.61. The summed E-state index contributed by atoms with van der Waals surface area (Å²) in [7, 11) is 0. The van der Waals surface area contributed by atoms with Crippen molar-refractivity contribution >= 4 is 23.5 Å². The first kappa shape index (κ1) is 23.5. The van der Waals surface area contributed by atoms with Crippen molar-refractivity contribution in [2.75, 3.05) is 37.6 Å². The van der Waals surface area contributed by atoms with Crippen LogP contribution in [0.15, 0.2) is 48.5 Å². The van der Waals surface area contributed by atoms with E-state index in [-0.39, 0.29) is 11.4 Å². The molecule has 180 valence electrons. The lowest BCUT2D eigenvalue weighted by Gasteiger charge is -2.36. The molecule has 2 fully saturated rings. The van der Waals surface area contributed by atoms with Crippen molar-refractivity contribution in [3.8, 4) is 0 Å². The first-order valence-corrected chi connectivity index (χ1v) is 10.6. The Labute approximate surface area is 192 Å². The van der Waals surface area contributed by atoms with Crippen molar-refractivity contribution < 1.29 is 31.9 Å². The van der Waals surface area contributed by atoms with Crippen molar-refractivity contribution in [1.29, 1.82) is 0 Å². The highest BCUT2D eigenvalue weighted by molar-refractivity contribution is 6.09. The van der Waals surface area contributed by atoms with Gasteiger partial charge >= 0.3 is 12.2 Å². The van der Waals surface area contributed by atoms with Crippen molar-refractivity contribution in [3.05, 3.63) is 65.5 Å². The second-order valence-electron chi connectivity index (χ2n) is 8.37. The Hall–Kier alpha value is -3.63. The lowest BCUT2D eigenvalue weighted by molar-refractivity contribution is -0.139. The summed E-state index contributed by atoms with van der Waals surface area (Å²) in [5.41, 5.74) is -1.87. The summed E-state index contributed by atoms with van der Waals surface area (Å²) in [5.74, 6) is -1.59. The average molecular weight is 478 g/mol. The van der Waals surface area contributed by atoms with Gasteiger partial charge in [-0.25, -0.2) is 9.18 Å². The molecule has 0 spiro atoms. The van der Waals surface area contributed by atoms with Gasteiger partial charge in [0.1, 0.15) is 17.9 Å². The van der Waals surface area contributed by atoms with E-state index in [0.717, 1.165) is 28.8 Å². The zero-order valence-electron chi connectivity index (χ0n) is 18.2. The number of hydrogen-bond acceptors (Lipinski definition) is 4. The first-order chi connectivity index (χ1) is 16.0. The summed E-state index contributed by atoms with van der Waals surface area (Å²) in [6, 6.07) is 9.34. The van der Waals surface area contributed by atoms with Gasteiger partial charge < -0.3 is 15.1 Å². The molecule has 2 aromatic carbocycles. The predicted octanol–water partition coefficient (Wildman–Crippen LogP) is 2.96. The summed E-state index contributed by atoms with van der Waals surface area (Å²) < 4.78 is 52.5. The lowest BCUT2D eigenvalue weighted by Crippen LogP contribution is -2.52. The topological polar surface area (TPSA) is 73.0 Å². The molecular formula is C23H22F4N4O3. The van der Waals surface area contributed by atoms with Crippen molar-refractivity contribution in [2.24, 2.45) is 0 Å². The van der Waals surface area contributed by atoms with Crippen LogP contribution in [0, 0.1) is 5.82 Å². The highest BCUT2D eigenvalue weighted by atomic mass is 19.4. The summed E-state index contributed by atoms with van der Waals surface area (Å²) in [5, 5.41) is 2.43. The monoisotopic (exact) mass is 478 g/mol. The van der Waals surface area contributed by atoms with Crippen LogP contribution in [-0.4, -0.2) is 60.4 Å². The zero-order valence-corrected chi connectivity index (χ0v) is 18.2. The van der Waals surface area contributed by atoms with Crippen LogP contribution in [0.3, 0.4) is 0 Å². The van der Waals surface area contributed by atoms with E-state index in [1.165, 1.54) is 30.0 Å². The van der Waals surface area contributed by atoms with Gasteiger partial charge in [0, 0.05) is 31.9 Å². The van der Waals surface area contributed by atoms with Gasteiger partial charge in [0.2, 0.25) is 5.91 Å². The number of nitrogens with one attached hydrogen (secondary N) is 1. The minimum atomic E-state index is -4.61. The van der Waals surface area contributed by atoms with Gasteiger partial charge in [-0.15, -0.1) is 0 Å². The number of piperazine rings is 1. The molecule has 2 aliphatic rings. The molecule has 7 nitrogen and oxygen atoms in total. The predicted molar refractivity (Wildman–Crippen MR) is 114 cm³/mol. The largest absolute Gasteiger partial charge is 0.416 e. The number of hydrogen-bond donors (Lipinski definition) is 1. The number of rotatable bonds is 4. The molecule has 0 radical (unpaired) electrons. The maximum absolute atomic E-state index is 13.1. The molecule has 4 rings (SSSR count). The fourth-order valence-corrected chi connectivity index (χ4v) is 4.14. The summed E-state index contributed by atoms with van der Waals surface area (Å²) in [4.78, 5) is 42.6. The van der Waals surface area contributed by atoms with E-state index >= 15 is 0 Å². The number of imide groups is 1. The van der Waals surface area contributed by atoms with Crippen LogP contribution >= 0.6 is 0 Å². The number of anilines is 1. The number of urea groups is 1. The molecule has 2 aliphatic heterocycles. The Morgan fingerprint density at radius 3 is 2.29 bits per heavy atom. The van der Waals surface area contributed by atoms with E-state index in [9.17, 15) is 31.9 Å². The van der Waals surface area contributed by atoms with Crippen molar-refractivity contribution in [3.63, 3.8) is 0 Å². The Bertz CT molecular complexity index is 1110. The average Bonchev–Trinajstić information content (AvgIpc) is 3.03. The number of halogens is 4. The van der Waals surface area contributed by atoms with E-state index in [4.69, 9.17) is 0 Å². The molecule has 0 aliphatic carbocycles. The number of amides is 4. The van der Waals surface area contributed by atoms with E-state index in [1.54, 1.807) is 12.1 Å². The van der Waals surface area contributed by atoms with Gasteiger partial charge in [0.05, 0.1) is 5.56 Å². The van der Waals surface area contributed by atoms with Crippen LogP contribution in [0.25, 0.3) is 0 Å². The van der Waals surface area contributed by atoms with Crippen molar-refractivity contribution in [2.45, 2.75) is 18.6 Å². The van der Waals surface area contributed by atoms with E-state index < -0.39 is 41.7 Å². The molecule has 1 N–H and O–H groups in total. The van der Waals surface area contributed by atoms with E-state index in [0.29, 0.717) is 26.2 Å². The number of benzene rings is 2. The second-order valence-corrected chi connectivity index (χ2v) is 8.37. The Kier molecular flexibility index (Phi) is 5.96. The van der Waals surface area contributed by atoms with Crippen LogP contribution < -0.4 is 10.2 Å². The molecule has 34 heavy (non-hydrogen) atoms. The van der Waals surface area contributed by atoms with Crippen LogP contribution in [-0.2, 0) is 21.3 Å². The fourth-order valence-electron chi connectivity index (χ4n) is 4.14. The van der Waals surface area contributed by atoms with Gasteiger partial charge in [-0.05, 0) is 48.9 Å². The Morgan fingerprint density at radius 2 is 1.68 bits per heavy atom. The normalized spacial score (nSPS) is 21.1. The fraction of sp³-hybridized carbons (Fsp3) is 0.348. The van der Waals surface area contributed by atoms with Crippen LogP contribution in [0.5, 0.6) is 0 Å². The molecule has 1 atom stereocenters. The highest BCUT2D eigenvalue weighted by Gasteiger charge is 2.50. The maximum atomic E-state index is 13.1. The molecule has 2 saturated heterocycles. The first-order valence-electron chi connectivity index (χ1n) is 10.6. The lowest BCUT2D eigenvalue weighted by atomic mass is 9.90. The molecule has 0 aromatic heterocycles. The third kappa shape index (κ3) is 4.42. The van der Waals surface area contributed by atoms with Gasteiger partial charge in [-0.1, -0.05) is 12.1 Å².